The van der Waals surface area contributed by atoms with E-state index in [4.69, 9.17) is 11.6 Å². The van der Waals surface area contributed by atoms with Gasteiger partial charge in [0.1, 0.15) is 0 Å². The number of hydrogen-bond donors (Lipinski definition) is 3. The first kappa shape index (κ1) is 15.5. The van der Waals surface area contributed by atoms with E-state index in [9.17, 15) is 15.0 Å². The molecule has 0 aromatic heterocycles. The van der Waals surface area contributed by atoms with Gasteiger partial charge in [-0.3, -0.25) is 4.79 Å². The van der Waals surface area contributed by atoms with Crippen LogP contribution in [0.2, 0.25) is 5.02 Å². The van der Waals surface area contributed by atoms with E-state index in [2.05, 4.69) is 5.32 Å². The molecule has 0 unspecified atom stereocenters. The highest BCUT2D eigenvalue weighted by molar-refractivity contribution is 6.31. The highest BCUT2D eigenvalue weighted by Crippen LogP contribution is 2.23. The van der Waals surface area contributed by atoms with Crippen LogP contribution in [0.15, 0.2) is 54.6 Å². The van der Waals surface area contributed by atoms with Gasteiger partial charge < -0.3 is 15.5 Å². The molecule has 0 aliphatic heterocycles. The Morgan fingerprint density at radius 1 is 1.10 bits per heavy atom. The molecule has 2 aromatic rings. The van der Waals surface area contributed by atoms with Crippen LogP contribution in [-0.2, 0) is 4.79 Å². The Balaban J connectivity index is 2.11. The molecule has 2 aromatic carbocycles. The van der Waals surface area contributed by atoms with Gasteiger partial charge in [-0.15, -0.1) is 0 Å². The second kappa shape index (κ2) is 7.22. The minimum absolute atomic E-state index is 0.259. The molecule has 110 valence electrons. The van der Waals surface area contributed by atoms with E-state index in [1.54, 1.807) is 36.4 Å². The number of benzene rings is 2. The van der Waals surface area contributed by atoms with Crippen LogP contribution in [0, 0.1) is 0 Å². The number of hydrogen-bond acceptors (Lipinski definition) is 3. The van der Waals surface area contributed by atoms with Crippen molar-refractivity contribution in [1.82, 2.24) is 5.32 Å². The summed E-state index contributed by atoms with van der Waals surface area (Å²) >= 11 is 5.96. The first-order chi connectivity index (χ1) is 10.1. The quantitative estimate of drug-likeness (QED) is 0.793. The molecule has 0 radical (unpaired) electrons. The molecule has 5 heteroatoms. The third-order valence-corrected chi connectivity index (χ3v) is 3.49. The van der Waals surface area contributed by atoms with Crippen molar-refractivity contribution in [2.24, 2.45) is 0 Å². The van der Waals surface area contributed by atoms with Crippen LogP contribution in [0.5, 0.6) is 0 Å². The number of halogens is 1. The van der Waals surface area contributed by atoms with Gasteiger partial charge in [0, 0.05) is 10.6 Å². The highest BCUT2D eigenvalue weighted by Gasteiger charge is 2.22. The molecule has 0 fully saturated rings. The summed E-state index contributed by atoms with van der Waals surface area (Å²) < 4.78 is 0. The average Bonchev–Trinajstić information content (AvgIpc) is 2.53. The van der Waals surface area contributed by atoms with Gasteiger partial charge in [-0.2, -0.15) is 0 Å². The van der Waals surface area contributed by atoms with Crippen LogP contribution in [0.1, 0.15) is 23.3 Å². The van der Waals surface area contributed by atoms with Crippen LogP contribution >= 0.6 is 11.6 Å². The monoisotopic (exact) mass is 305 g/mol. The fourth-order valence-electron chi connectivity index (χ4n) is 2.01. The van der Waals surface area contributed by atoms with E-state index >= 15 is 0 Å². The maximum absolute atomic E-state index is 12.1. The zero-order valence-corrected chi connectivity index (χ0v) is 12.0. The summed E-state index contributed by atoms with van der Waals surface area (Å²) in [6.45, 7) is -0.259. The van der Waals surface area contributed by atoms with E-state index in [1.165, 1.54) is 0 Å². The summed E-state index contributed by atoms with van der Waals surface area (Å²) in [4.78, 5) is 12.1. The van der Waals surface area contributed by atoms with Crippen LogP contribution in [0.4, 0.5) is 0 Å². The number of amides is 1. The molecule has 0 heterocycles. The zero-order valence-electron chi connectivity index (χ0n) is 11.2. The predicted octanol–water partition coefficient (Wildman–Crippen LogP) is 2.22. The van der Waals surface area contributed by atoms with Gasteiger partial charge in [-0.05, 0) is 11.6 Å². The molecular formula is C16H16ClNO3. The normalized spacial score (nSPS) is 13.5. The van der Waals surface area contributed by atoms with E-state index in [0.29, 0.717) is 10.6 Å². The Bertz CT molecular complexity index is 603. The second-order valence-corrected chi connectivity index (χ2v) is 4.99. The number of aliphatic hydroxyl groups excluding tert-OH is 2. The minimum Gasteiger partial charge on any atom is -0.394 e. The summed E-state index contributed by atoms with van der Waals surface area (Å²) in [6.07, 6.45) is -1.38. The number of nitrogens with one attached hydrogen (secondary N) is 1. The van der Waals surface area contributed by atoms with Crippen molar-refractivity contribution >= 4 is 17.5 Å². The Hall–Kier alpha value is -1.88. The molecule has 4 nitrogen and oxygen atoms in total. The first-order valence-corrected chi connectivity index (χ1v) is 6.90. The summed E-state index contributed by atoms with van der Waals surface area (Å²) in [7, 11) is 0. The molecule has 0 saturated carbocycles. The standard InChI is InChI=1S/C16H16ClNO3/c17-13-9-5-4-8-12(13)15(20)16(21)18-14(10-19)11-6-2-1-3-7-11/h1-9,14-15,19-20H,10H2,(H,18,21)/t14-,15-/m1/s1. The third kappa shape index (κ3) is 3.82. The molecule has 0 bridgehead atoms. The van der Waals surface area contributed by atoms with Gasteiger partial charge in [0.15, 0.2) is 6.10 Å². The summed E-state index contributed by atoms with van der Waals surface area (Å²) in [5.74, 6) is -0.606. The lowest BCUT2D eigenvalue weighted by Crippen LogP contribution is -2.34. The molecule has 2 rings (SSSR count). The van der Waals surface area contributed by atoms with Crippen molar-refractivity contribution in [2.45, 2.75) is 12.1 Å². The minimum atomic E-state index is -1.38. The second-order valence-electron chi connectivity index (χ2n) is 4.58. The topological polar surface area (TPSA) is 69.6 Å². The SMILES string of the molecule is O=C(N[C@H](CO)c1ccccc1)[C@H](O)c1ccccc1Cl. The maximum atomic E-state index is 12.1. The van der Waals surface area contributed by atoms with E-state index < -0.39 is 18.1 Å². The van der Waals surface area contributed by atoms with Crippen molar-refractivity contribution in [1.29, 1.82) is 0 Å². The highest BCUT2D eigenvalue weighted by atomic mass is 35.5. The van der Waals surface area contributed by atoms with Crippen molar-refractivity contribution < 1.29 is 15.0 Å². The van der Waals surface area contributed by atoms with E-state index in [1.807, 2.05) is 18.2 Å². The fraction of sp³-hybridized carbons (Fsp3) is 0.188. The molecule has 0 aliphatic carbocycles. The molecular weight excluding hydrogens is 290 g/mol. The number of rotatable bonds is 5. The van der Waals surface area contributed by atoms with Gasteiger partial charge in [0.05, 0.1) is 12.6 Å². The lowest BCUT2D eigenvalue weighted by Gasteiger charge is -2.19. The van der Waals surface area contributed by atoms with Crippen molar-refractivity contribution in [3.05, 3.63) is 70.7 Å². The lowest BCUT2D eigenvalue weighted by atomic mass is 10.1. The molecule has 0 saturated heterocycles. The number of carbonyl (C=O) groups excluding carboxylic acids is 1. The Morgan fingerprint density at radius 2 is 1.71 bits per heavy atom. The van der Waals surface area contributed by atoms with Crippen molar-refractivity contribution in [2.75, 3.05) is 6.61 Å². The third-order valence-electron chi connectivity index (χ3n) is 3.15. The van der Waals surface area contributed by atoms with Gasteiger partial charge in [-0.25, -0.2) is 0 Å². The van der Waals surface area contributed by atoms with Crippen LogP contribution in [0.25, 0.3) is 0 Å². The summed E-state index contributed by atoms with van der Waals surface area (Å²) in [5.41, 5.74) is 1.10. The zero-order chi connectivity index (χ0) is 15.2. The van der Waals surface area contributed by atoms with Gasteiger partial charge in [-0.1, -0.05) is 60.1 Å². The first-order valence-electron chi connectivity index (χ1n) is 6.52. The summed E-state index contributed by atoms with van der Waals surface area (Å²) in [5, 5.41) is 22.4. The Morgan fingerprint density at radius 3 is 2.33 bits per heavy atom. The van der Waals surface area contributed by atoms with Gasteiger partial charge in [0.2, 0.25) is 0 Å². The van der Waals surface area contributed by atoms with Gasteiger partial charge >= 0.3 is 0 Å². The van der Waals surface area contributed by atoms with Crippen molar-refractivity contribution in [3.8, 4) is 0 Å². The maximum Gasteiger partial charge on any atom is 0.254 e. The van der Waals surface area contributed by atoms with Crippen LogP contribution in [-0.4, -0.2) is 22.7 Å². The molecule has 0 aliphatic rings. The van der Waals surface area contributed by atoms with E-state index in [-0.39, 0.29) is 6.61 Å². The Labute approximate surface area is 128 Å². The molecule has 3 N–H and O–H groups in total. The predicted molar refractivity (Wildman–Crippen MR) is 80.8 cm³/mol. The molecule has 0 spiro atoms. The van der Waals surface area contributed by atoms with E-state index in [0.717, 1.165) is 5.56 Å². The van der Waals surface area contributed by atoms with Crippen LogP contribution < -0.4 is 5.32 Å². The molecule has 21 heavy (non-hydrogen) atoms. The smallest absolute Gasteiger partial charge is 0.254 e. The molecule has 1 amide bonds. The van der Waals surface area contributed by atoms with Crippen LogP contribution in [0.3, 0.4) is 0 Å². The Kier molecular flexibility index (Phi) is 5.33. The largest absolute Gasteiger partial charge is 0.394 e. The summed E-state index contributed by atoms with van der Waals surface area (Å²) in [6, 6.07) is 15.1. The van der Waals surface area contributed by atoms with Crippen molar-refractivity contribution in [3.63, 3.8) is 0 Å². The lowest BCUT2D eigenvalue weighted by molar-refractivity contribution is -0.130. The fourth-order valence-corrected chi connectivity index (χ4v) is 2.25. The van der Waals surface area contributed by atoms with Gasteiger partial charge in [0.25, 0.3) is 5.91 Å². The molecule has 2 atom stereocenters. The number of carbonyl (C=O) groups is 1. The number of aliphatic hydroxyl groups is 2. The average molecular weight is 306 g/mol.